The van der Waals surface area contributed by atoms with Crippen molar-refractivity contribution in [3.8, 4) is 0 Å². The standard InChI is InChI=1S/C15H19N3S/c1-9-5-6-14(13(7-9)8-16)19-15-17-11(3)10(2)12(4)18-15/h5-7H,8,16H2,1-4H3. The predicted molar refractivity (Wildman–Crippen MR) is 79.4 cm³/mol. The van der Waals surface area contributed by atoms with Crippen LogP contribution in [0.25, 0.3) is 0 Å². The van der Waals surface area contributed by atoms with Gasteiger partial charge in [0.15, 0.2) is 5.16 Å². The minimum Gasteiger partial charge on any atom is -0.326 e. The zero-order valence-electron chi connectivity index (χ0n) is 11.8. The summed E-state index contributed by atoms with van der Waals surface area (Å²) in [6, 6.07) is 6.31. The fraction of sp³-hybridized carbons (Fsp3) is 0.333. The first-order valence-corrected chi connectivity index (χ1v) is 7.12. The van der Waals surface area contributed by atoms with E-state index in [9.17, 15) is 0 Å². The SMILES string of the molecule is Cc1ccc(Sc2nc(C)c(C)c(C)n2)c(CN)c1. The Morgan fingerprint density at radius 2 is 1.68 bits per heavy atom. The lowest BCUT2D eigenvalue weighted by Gasteiger charge is -2.10. The Morgan fingerprint density at radius 1 is 1.05 bits per heavy atom. The summed E-state index contributed by atoms with van der Waals surface area (Å²) in [7, 11) is 0. The van der Waals surface area contributed by atoms with Crippen molar-refractivity contribution < 1.29 is 0 Å². The number of benzene rings is 1. The van der Waals surface area contributed by atoms with E-state index < -0.39 is 0 Å². The summed E-state index contributed by atoms with van der Waals surface area (Å²) in [4.78, 5) is 10.2. The molecule has 4 heteroatoms. The summed E-state index contributed by atoms with van der Waals surface area (Å²) in [5, 5.41) is 0.791. The van der Waals surface area contributed by atoms with Crippen LogP contribution < -0.4 is 5.73 Å². The largest absolute Gasteiger partial charge is 0.326 e. The summed E-state index contributed by atoms with van der Waals surface area (Å²) in [5.74, 6) is 0. The summed E-state index contributed by atoms with van der Waals surface area (Å²) in [6.07, 6.45) is 0. The van der Waals surface area contributed by atoms with E-state index in [1.165, 1.54) is 5.56 Å². The third kappa shape index (κ3) is 3.14. The third-order valence-corrected chi connectivity index (χ3v) is 4.23. The highest BCUT2D eigenvalue weighted by Gasteiger charge is 2.09. The van der Waals surface area contributed by atoms with Crippen LogP contribution in [-0.2, 0) is 6.54 Å². The van der Waals surface area contributed by atoms with Gasteiger partial charge in [-0.25, -0.2) is 9.97 Å². The Bertz CT molecular complexity index is 585. The summed E-state index contributed by atoms with van der Waals surface area (Å²) >= 11 is 1.58. The molecule has 0 unspecified atom stereocenters. The van der Waals surface area contributed by atoms with E-state index in [4.69, 9.17) is 5.73 Å². The lowest BCUT2D eigenvalue weighted by Crippen LogP contribution is -2.01. The Morgan fingerprint density at radius 3 is 2.26 bits per heavy atom. The van der Waals surface area contributed by atoms with Gasteiger partial charge in [0, 0.05) is 22.8 Å². The van der Waals surface area contributed by atoms with Gasteiger partial charge in [0.2, 0.25) is 0 Å². The Hall–Kier alpha value is -1.39. The highest BCUT2D eigenvalue weighted by atomic mass is 32.2. The topological polar surface area (TPSA) is 51.8 Å². The van der Waals surface area contributed by atoms with Crippen LogP contribution in [0.5, 0.6) is 0 Å². The highest BCUT2D eigenvalue weighted by molar-refractivity contribution is 7.99. The lowest BCUT2D eigenvalue weighted by atomic mass is 10.1. The molecule has 19 heavy (non-hydrogen) atoms. The summed E-state index contributed by atoms with van der Waals surface area (Å²) in [5.41, 5.74) is 11.4. The number of rotatable bonds is 3. The van der Waals surface area contributed by atoms with E-state index >= 15 is 0 Å². The molecule has 0 fully saturated rings. The normalized spacial score (nSPS) is 10.8. The first kappa shape index (κ1) is 14.0. The van der Waals surface area contributed by atoms with E-state index in [0.29, 0.717) is 6.54 Å². The number of hydrogen-bond acceptors (Lipinski definition) is 4. The van der Waals surface area contributed by atoms with Crippen molar-refractivity contribution in [3.05, 3.63) is 46.3 Å². The quantitative estimate of drug-likeness (QED) is 0.872. The second-order valence-corrected chi connectivity index (χ2v) is 5.73. The number of aromatic nitrogens is 2. The molecular formula is C15H19N3S. The molecule has 0 spiro atoms. The van der Waals surface area contributed by atoms with Crippen LogP contribution in [0.4, 0.5) is 0 Å². The van der Waals surface area contributed by atoms with Crippen molar-refractivity contribution >= 4 is 11.8 Å². The van der Waals surface area contributed by atoms with Gasteiger partial charge in [-0.05, 0) is 56.7 Å². The smallest absolute Gasteiger partial charge is 0.192 e. The van der Waals surface area contributed by atoms with Crippen LogP contribution in [0.15, 0.2) is 28.3 Å². The molecule has 1 heterocycles. The molecule has 0 saturated heterocycles. The van der Waals surface area contributed by atoms with Crippen LogP contribution >= 0.6 is 11.8 Å². The minimum absolute atomic E-state index is 0.536. The van der Waals surface area contributed by atoms with E-state index in [0.717, 1.165) is 32.6 Å². The molecule has 3 nitrogen and oxygen atoms in total. The van der Waals surface area contributed by atoms with Crippen LogP contribution in [0.2, 0.25) is 0 Å². The van der Waals surface area contributed by atoms with E-state index in [-0.39, 0.29) is 0 Å². The molecule has 0 aliphatic rings. The van der Waals surface area contributed by atoms with Crippen molar-refractivity contribution in [3.63, 3.8) is 0 Å². The van der Waals surface area contributed by atoms with E-state index in [1.807, 2.05) is 13.8 Å². The lowest BCUT2D eigenvalue weighted by molar-refractivity contribution is 0.879. The van der Waals surface area contributed by atoms with E-state index in [2.05, 4.69) is 42.0 Å². The van der Waals surface area contributed by atoms with Crippen molar-refractivity contribution in [2.45, 2.75) is 44.3 Å². The number of nitrogens with two attached hydrogens (primary N) is 1. The average Bonchev–Trinajstić information content (AvgIpc) is 2.38. The van der Waals surface area contributed by atoms with Crippen LogP contribution in [0, 0.1) is 27.7 Å². The first-order valence-electron chi connectivity index (χ1n) is 6.30. The Kier molecular flexibility index (Phi) is 4.22. The zero-order valence-corrected chi connectivity index (χ0v) is 12.6. The molecule has 2 N–H and O–H groups in total. The molecule has 0 bridgehead atoms. The van der Waals surface area contributed by atoms with Gasteiger partial charge in [0.25, 0.3) is 0 Å². The second kappa shape index (κ2) is 5.72. The maximum atomic E-state index is 5.80. The predicted octanol–water partition coefficient (Wildman–Crippen LogP) is 3.32. The molecule has 2 aromatic rings. The summed E-state index contributed by atoms with van der Waals surface area (Å²) < 4.78 is 0. The van der Waals surface area contributed by atoms with Gasteiger partial charge in [-0.15, -0.1) is 0 Å². The molecule has 0 aliphatic carbocycles. The molecule has 0 radical (unpaired) electrons. The molecular weight excluding hydrogens is 254 g/mol. The maximum Gasteiger partial charge on any atom is 0.192 e. The van der Waals surface area contributed by atoms with Crippen molar-refractivity contribution in [2.24, 2.45) is 5.73 Å². The summed E-state index contributed by atoms with van der Waals surface area (Å²) in [6.45, 7) is 8.70. The molecule has 1 aromatic carbocycles. The van der Waals surface area contributed by atoms with Gasteiger partial charge in [-0.2, -0.15) is 0 Å². The van der Waals surface area contributed by atoms with Crippen molar-refractivity contribution in [1.82, 2.24) is 9.97 Å². The molecule has 0 aliphatic heterocycles. The highest BCUT2D eigenvalue weighted by Crippen LogP contribution is 2.29. The first-order chi connectivity index (χ1) is 9.01. The molecule has 0 amide bonds. The van der Waals surface area contributed by atoms with Crippen LogP contribution in [0.1, 0.15) is 28.1 Å². The van der Waals surface area contributed by atoms with Gasteiger partial charge in [0.1, 0.15) is 0 Å². The van der Waals surface area contributed by atoms with Gasteiger partial charge in [-0.1, -0.05) is 17.7 Å². The van der Waals surface area contributed by atoms with Crippen molar-refractivity contribution in [1.29, 1.82) is 0 Å². The number of nitrogens with zero attached hydrogens (tertiary/aromatic N) is 2. The molecule has 0 saturated carbocycles. The molecule has 100 valence electrons. The molecule has 2 rings (SSSR count). The van der Waals surface area contributed by atoms with E-state index in [1.54, 1.807) is 11.8 Å². The number of aryl methyl sites for hydroxylation is 3. The van der Waals surface area contributed by atoms with Gasteiger partial charge in [-0.3, -0.25) is 0 Å². The molecule has 0 atom stereocenters. The number of hydrogen-bond donors (Lipinski definition) is 1. The van der Waals surface area contributed by atoms with Crippen LogP contribution in [-0.4, -0.2) is 9.97 Å². The molecule has 1 aromatic heterocycles. The van der Waals surface area contributed by atoms with Crippen LogP contribution in [0.3, 0.4) is 0 Å². The maximum absolute atomic E-state index is 5.80. The van der Waals surface area contributed by atoms with Gasteiger partial charge < -0.3 is 5.73 Å². The monoisotopic (exact) mass is 273 g/mol. The Balaban J connectivity index is 2.36. The average molecular weight is 273 g/mol. The minimum atomic E-state index is 0.536. The zero-order chi connectivity index (χ0) is 14.0. The second-order valence-electron chi connectivity index (χ2n) is 4.72. The Labute approximate surface area is 118 Å². The third-order valence-electron chi connectivity index (χ3n) is 3.25. The fourth-order valence-electron chi connectivity index (χ4n) is 1.85. The van der Waals surface area contributed by atoms with Gasteiger partial charge >= 0.3 is 0 Å². The van der Waals surface area contributed by atoms with Crippen molar-refractivity contribution in [2.75, 3.05) is 0 Å². The fourth-order valence-corrected chi connectivity index (χ4v) is 2.82. The van der Waals surface area contributed by atoms with Gasteiger partial charge in [0.05, 0.1) is 0 Å².